The minimum absolute atomic E-state index is 0.0708. The van der Waals surface area contributed by atoms with Crippen LogP contribution >= 0.6 is 0 Å². The number of benzene rings is 1. The minimum atomic E-state index is -4.54. The van der Waals surface area contributed by atoms with Crippen LogP contribution in [0.15, 0.2) is 17.0 Å². The fraction of sp³-hybridized carbons (Fsp3) is 0.771. The van der Waals surface area contributed by atoms with Gasteiger partial charge in [0, 0.05) is 31.4 Å². The lowest BCUT2D eigenvalue weighted by Crippen LogP contribution is -2.54. The van der Waals surface area contributed by atoms with Crippen molar-refractivity contribution in [2.75, 3.05) is 20.1 Å². The zero-order chi connectivity index (χ0) is 50.8. The Labute approximate surface area is 405 Å². The van der Waals surface area contributed by atoms with Crippen LogP contribution in [-0.4, -0.2) is 115 Å². The lowest BCUT2D eigenvalue weighted by Gasteiger charge is -2.61. The molecule has 69 heavy (non-hydrogen) atoms. The van der Waals surface area contributed by atoms with Gasteiger partial charge in [-0.2, -0.15) is 0 Å². The van der Waals surface area contributed by atoms with Gasteiger partial charge in [0.25, 0.3) is 0 Å². The number of hydrogen-bond donors (Lipinski definition) is 10. The number of hydrogen-bond acceptors (Lipinski definition) is 11. The number of aliphatic carboxylic acids is 2. The number of sulfonamides is 1. The number of likely N-dealkylation sites (N-methyl/N-ethyl adjacent to an activating group) is 1. The number of carbonyl (C=O) groups excluding carboxylic acids is 3. The minimum Gasteiger partial charge on any atom is -0.480 e. The Kier molecular flexibility index (Phi) is 20.0. The van der Waals surface area contributed by atoms with E-state index in [4.69, 9.17) is 10.0 Å². The highest BCUT2D eigenvalue weighted by Gasteiger charge is 2.60. The maximum atomic E-state index is 14.3. The van der Waals surface area contributed by atoms with Gasteiger partial charge < -0.3 is 46.6 Å². The van der Waals surface area contributed by atoms with Gasteiger partial charge in [0.05, 0.1) is 12.1 Å². The summed E-state index contributed by atoms with van der Waals surface area (Å²) in [6.07, 6.45) is 12.1. The number of unbranched alkanes of at least 4 members (excludes halogenated alkanes) is 2. The van der Waals surface area contributed by atoms with E-state index in [9.17, 15) is 56.5 Å². The normalized spacial score (nSPS) is 28.2. The van der Waals surface area contributed by atoms with E-state index in [1.807, 2.05) is 0 Å². The molecular formula is C48H76BF2N5O12S. The summed E-state index contributed by atoms with van der Waals surface area (Å²) >= 11 is 0. The van der Waals surface area contributed by atoms with Crippen LogP contribution in [-0.2, 0) is 34.0 Å². The van der Waals surface area contributed by atoms with Gasteiger partial charge >= 0.3 is 19.1 Å². The molecule has 12 atom stereocenters. The maximum absolute atomic E-state index is 14.3. The molecule has 10 N–H and O–H groups in total. The van der Waals surface area contributed by atoms with Crippen molar-refractivity contribution < 1.29 is 66.5 Å². The molecule has 4 aliphatic rings. The molecule has 4 fully saturated rings. The molecule has 1 aromatic carbocycles. The van der Waals surface area contributed by atoms with E-state index in [1.54, 1.807) is 0 Å². The molecule has 17 nitrogen and oxygen atoms in total. The van der Waals surface area contributed by atoms with Gasteiger partial charge in [-0.15, -0.1) is 0 Å². The Morgan fingerprint density at radius 3 is 2.04 bits per heavy atom. The van der Waals surface area contributed by atoms with Crippen molar-refractivity contribution in [3.05, 3.63) is 23.8 Å². The van der Waals surface area contributed by atoms with Crippen molar-refractivity contribution in [1.82, 2.24) is 26.0 Å². The molecular weight excluding hydrogens is 919 g/mol. The van der Waals surface area contributed by atoms with Crippen molar-refractivity contribution in [3.63, 3.8) is 0 Å². The molecule has 21 heteroatoms. The number of carboxylic acid groups (broad SMARTS) is 2. The van der Waals surface area contributed by atoms with Crippen LogP contribution in [0.3, 0.4) is 0 Å². The summed E-state index contributed by atoms with van der Waals surface area (Å²) in [7, 11) is -5.36. The first-order chi connectivity index (χ1) is 32.5. The molecule has 0 spiro atoms. The summed E-state index contributed by atoms with van der Waals surface area (Å²) in [5.74, 6) is -3.03. The van der Waals surface area contributed by atoms with Crippen molar-refractivity contribution in [2.45, 2.75) is 172 Å². The second kappa shape index (κ2) is 24.6. The largest absolute Gasteiger partial charge is 0.491 e. The number of amides is 3. The third-order valence-corrected chi connectivity index (χ3v) is 18.3. The molecule has 5 rings (SSSR count). The Hall–Kier alpha value is -3.76. The molecule has 4 saturated carbocycles. The molecule has 388 valence electrons. The highest BCUT2D eigenvalue weighted by Crippen LogP contribution is 2.68. The van der Waals surface area contributed by atoms with Crippen LogP contribution in [0.25, 0.3) is 0 Å². The number of aliphatic hydroxyl groups is 1. The number of carboxylic acids is 2. The Bertz CT molecular complexity index is 2090. The third-order valence-electron chi connectivity index (χ3n) is 16.9. The fourth-order valence-corrected chi connectivity index (χ4v) is 14.1. The number of fused-ring (bicyclic) bond motifs is 5. The predicted octanol–water partition coefficient (Wildman–Crippen LogP) is 3.32. The highest BCUT2D eigenvalue weighted by molar-refractivity contribution is 7.89. The molecule has 0 heterocycles. The molecule has 0 radical (unpaired) electrons. The van der Waals surface area contributed by atoms with Crippen molar-refractivity contribution >= 4 is 52.3 Å². The highest BCUT2D eigenvalue weighted by atomic mass is 32.2. The first-order valence-corrected chi connectivity index (χ1v) is 26.5. The fourth-order valence-electron chi connectivity index (χ4n) is 13.0. The van der Waals surface area contributed by atoms with Crippen LogP contribution in [0.4, 0.5) is 8.78 Å². The van der Waals surface area contributed by atoms with Gasteiger partial charge in [-0.05, 0) is 175 Å². The second-order valence-electron chi connectivity index (χ2n) is 21.0. The zero-order valence-corrected chi connectivity index (χ0v) is 41.4. The monoisotopic (exact) mass is 996 g/mol. The Morgan fingerprint density at radius 1 is 0.754 bits per heavy atom. The quantitative estimate of drug-likeness (QED) is 0.0472. The van der Waals surface area contributed by atoms with Gasteiger partial charge in [-0.3, -0.25) is 14.4 Å². The van der Waals surface area contributed by atoms with Crippen LogP contribution < -0.4 is 31.5 Å². The summed E-state index contributed by atoms with van der Waals surface area (Å²) < 4.78 is 55.5. The third kappa shape index (κ3) is 14.0. The first-order valence-electron chi connectivity index (χ1n) is 25.0. The van der Waals surface area contributed by atoms with Crippen LogP contribution in [0.1, 0.15) is 143 Å². The molecule has 1 aromatic rings. The van der Waals surface area contributed by atoms with E-state index < -0.39 is 75.1 Å². The SMILES string of the molecule is CNC(CCCCNC(=O)CCC(NC(=O)CCC(C)C1CCC2C3CC[C@H]4C[C@@H](O)CC[C@@]4(C)C3CC[C@@]12C)C(=O)O)C(=O)NC(CCCCNS(=O)(=O)c1cc(F)c(B(O)O)cc1F)C(=O)O. The van der Waals surface area contributed by atoms with Crippen LogP contribution in [0.5, 0.6) is 0 Å². The first kappa shape index (κ1) is 56.2. The molecule has 3 amide bonds. The number of carbonyl (C=O) groups is 5. The molecule has 4 aliphatic carbocycles. The average molecular weight is 996 g/mol. The second-order valence-corrected chi connectivity index (χ2v) is 22.7. The van der Waals surface area contributed by atoms with Crippen LogP contribution in [0.2, 0.25) is 0 Å². The molecule has 0 bridgehead atoms. The molecule has 8 unspecified atom stereocenters. The maximum Gasteiger partial charge on any atom is 0.491 e. The lowest BCUT2D eigenvalue weighted by atomic mass is 9.44. The van der Waals surface area contributed by atoms with Gasteiger partial charge in [0.1, 0.15) is 28.6 Å². The number of aliphatic hydroxyl groups excluding tert-OH is 1. The predicted molar refractivity (Wildman–Crippen MR) is 253 cm³/mol. The summed E-state index contributed by atoms with van der Waals surface area (Å²) in [5.41, 5.74) is -0.290. The van der Waals surface area contributed by atoms with Crippen LogP contribution in [0, 0.1) is 58.0 Å². The number of rotatable bonds is 26. The number of nitrogens with one attached hydrogen (secondary N) is 5. The summed E-state index contributed by atoms with van der Waals surface area (Å²) in [4.78, 5) is 61.7. The van der Waals surface area contributed by atoms with Crippen molar-refractivity contribution in [1.29, 1.82) is 0 Å². The Balaban J connectivity index is 0.956. The van der Waals surface area contributed by atoms with E-state index >= 15 is 0 Å². The molecule has 0 saturated heterocycles. The lowest BCUT2D eigenvalue weighted by molar-refractivity contribution is -0.142. The van der Waals surface area contributed by atoms with Gasteiger partial charge in [0.2, 0.25) is 27.7 Å². The van der Waals surface area contributed by atoms with E-state index in [-0.39, 0.29) is 74.9 Å². The summed E-state index contributed by atoms with van der Waals surface area (Å²) in [6.45, 7) is 7.20. The summed E-state index contributed by atoms with van der Waals surface area (Å²) in [6, 6.07) is -2.61. The van der Waals surface area contributed by atoms with E-state index in [1.165, 1.54) is 39.2 Å². The smallest absolute Gasteiger partial charge is 0.480 e. The van der Waals surface area contributed by atoms with Gasteiger partial charge in [-0.1, -0.05) is 20.8 Å². The standard InChI is InChI=1S/C48H76BF2N5O12S/c1-28(32-14-15-33-31-13-12-29-25-30(57)19-21-47(29,2)34(31)20-22-48(32,33)3)11-17-43(59)55-40(46(63)64)16-18-42(58)53-23-7-5-9-38(52-4)44(60)56-39(45(61)62)10-6-8-24-54-69(67,68)41-27-36(50)35(49(65)66)26-37(41)51/h26-34,38-40,52,54,57,65-66H,5-25H2,1-4H3,(H,53,58)(H,55,59)(H,56,60)(H,61,62)(H,63,64)/t28?,29-,30-,31?,32?,33?,34?,38?,39?,40?,47+,48-/m0/s1. The number of halogens is 2. The van der Waals surface area contributed by atoms with Gasteiger partial charge in [0.15, 0.2) is 0 Å². The average Bonchev–Trinajstić information content (AvgIpc) is 3.65. The van der Waals surface area contributed by atoms with Crippen molar-refractivity contribution in [2.24, 2.45) is 46.3 Å². The van der Waals surface area contributed by atoms with E-state index in [0.29, 0.717) is 66.9 Å². The van der Waals surface area contributed by atoms with Crippen molar-refractivity contribution in [3.8, 4) is 0 Å². The van der Waals surface area contributed by atoms with E-state index in [2.05, 4.69) is 46.8 Å². The Morgan fingerprint density at radius 2 is 1.38 bits per heavy atom. The zero-order valence-electron chi connectivity index (χ0n) is 40.6. The van der Waals surface area contributed by atoms with Gasteiger partial charge in [-0.25, -0.2) is 31.5 Å². The summed E-state index contributed by atoms with van der Waals surface area (Å²) in [5, 5.41) is 58.9. The molecule has 0 aliphatic heterocycles. The molecule has 0 aromatic heterocycles. The van der Waals surface area contributed by atoms with E-state index in [0.717, 1.165) is 37.5 Å². The topological polar surface area (TPSA) is 281 Å².